The Labute approximate surface area is 119 Å². The largest absolute Gasteiger partial charge is 0.417 e. The number of nitrogens with one attached hydrogen (secondary N) is 1. The van der Waals surface area contributed by atoms with Gasteiger partial charge in [-0.1, -0.05) is 11.6 Å². The number of nitrogens with two attached hydrogens (primary N) is 1. The van der Waals surface area contributed by atoms with Crippen LogP contribution >= 0.6 is 24.0 Å². The van der Waals surface area contributed by atoms with E-state index in [-0.39, 0.29) is 30.4 Å². The standard InChI is InChI=1S/C11H12ClF3N2O.ClH/c12-9-4-3-7(6-8(9)11(13,14)15)17-10(18)2-1-5-16;/h3-4,6H,1-2,5,16H2,(H,17,18);1H. The van der Waals surface area contributed by atoms with Crippen LogP contribution in [0, 0.1) is 0 Å². The minimum atomic E-state index is -4.55. The molecule has 1 amide bonds. The fourth-order valence-electron chi connectivity index (χ4n) is 1.31. The van der Waals surface area contributed by atoms with E-state index in [4.69, 9.17) is 17.3 Å². The first kappa shape index (κ1) is 18.0. The van der Waals surface area contributed by atoms with Gasteiger partial charge in [0.15, 0.2) is 0 Å². The molecule has 0 bridgehead atoms. The van der Waals surface area contributed by atoms with Crippen LogP contribution in [0.3, 0.4) is 0 Å². The first-order chi connectivity index (χ1) is 8.34. The molecule has 0 heterocycles. The van der Waals surface area contributed by atoms with Gasteiger partial charge in [-0.2, -0.15) is 13.2 Å². The molecule has 3 N–H and O–H groups in total. The van der Waals surface area contributed by atoms with E-state index in [9.17, 15) is 18.0 Å². The van der Waals surface area contributed by atoms with Crippen LogP contribution in [0.2, 0.25) is 5.02 Å². The molecule has 0 aliphatic heterocycles. The maximum absolute atomic E-state index is 12.6. The highest BCUT2D eigenvalue weighted by molar-refractivity contribution is 6.31. The van der Waals surface area contributed by atoms with Gasteiger partial charge in [-0.05, 0) is 31.2 Å². The second-order valence-corrected chi connectivity index (χ2v) is 4.04. The van der Waals surface area contributed by atoms with Crippen LogP contribution in [0.1, 0.15) is 18.4 Å². The average Bonchev–Trinajstić information content (AvgIpc) is 2.27. The summed E-state index contributed by atoms with van der Waals surface area (Å²) in [7, 11) is 0. The van der Waals surface area contributed by atoms with Gasteiger partial charge in [-0.25, -0.2) is 0 Å². The number of benzene rings is 1. The molecule has 108 valence electrons. The Bertz CT molecular complexity index is 438. The predicted molar refractivity (Wildman–Crippen MR) is 70.6 cm³/mol. The molecule has 19 heavy (non-hydrogen) atoms. The van der Waals surface area contributed by atoms with E-state index in [1.807, 2.05) is 0 Å². The van der Waals surface area contributed by atoms with Crippen LogP contribution < -0.4 is 11.1 Å². The third-order valence-corrected chi connectivity index (χ3v) is 2.49. The summed E-state index contributed by atoms with van der Waals surface area (Å²) >= 11 is 5.45. The van der Waals surface area contributed by atoms with Gasteiger partial charge in [-0.3, -0.25) is 4.79 Å². The molecule has 0 aliphatic carbocycles. The lowest BCUT2D eigenvalue weighted by molar-refractivity contribution is -0.137. The van der Waals surface area contributed by atoms with Gasteiger partial charge in [0.1, 0.15) is 0 Å². The topological polar surface area (TPSA) is 55.1 Å². The van der Waals surface area contributed by atoms with E-state index < -0.39 is 16.8 Å². The van der Waals surface area contributed by atoms with Gasteiger partial charge in [0.05, 0.1) is 10.6 Å². The number of halogens is 5. The van der Waals surface area contributed by atoms with Crippen molar-refractivity contribution in [2.24, 2.45) is 5.73 Å². The van der Waals surface area contributed by atoms with E-state index >= 15 is 0 Å². The van der Waals surface area contributed by atoms with E-state index in [0.717, 1.165) is 12.1 Å². The Morgan fingerprint density at radius 1 is 1.37 bits per heavy atom. The van der Waals surface area contributed by atoms with Crippen molar-refractivity contribution in [3.63, 3.8) is 0 Å². The molecule has 8 heteroatoms. The second kappa shape index (κ2) is 7.57. The summed E-state index contributed by atoms with van der Waals surface area (Å²) in [6.45, 7) is 0.349. The minimum absolute atomic E-state index is 0. The summed E-state index contributed by atoms with van der Waals surface area (Å²) in [4.78, 5) is 11.3. The Kier molecular flexibility index (Phi) is 7.18. The maximum atomic E-state index is 12.6. The average molecular weight is 317 g/mol. The van der Waals surface area contributed by atoms with E-state index in [1.54, 1.807) is 0 Å². The summed E-state index contributed by atoms with van der Waals surface area (Å²) in [6, 6.07) is 3.23. The van der Waals surface area contributed by atoms with Crippen LogP contribution in [-0.4, -0.2) is 12.5 Å². The first-order valence-electron chi connectivity index (χ1n) is 5.21. The summed E-state index contributed by atoms with van der Waals surface area (Å²) in [5.74, 6) is -0.379. The number of amides is 1. The lowest BCUT2D eigenvalue weighted by Crippen LogP contribution is -2.14. The number of hydrogen-bond donors (Lipinski definition) is 2. The van der Waals surface area contributed by atoms with Gasteiger partial charge in [0.2, 0.25) is 5.91 Å². The summed E-state index contributed by atoms with van der Waals surface area (Å²) in [6.07, 6.45) is -3.90. The van der Waals surface area contributed by atoms with Crippen LogP contribution in [0.4, 0.5) is 18.9 Å². The molecule has 0 radical (unpaired) electrons. The smallest absolute Gasteiger partial charge is 0.330 e. The number of carbonyl (C=O) groups is 1. The molecule has 0 spiro atoms. The Morgan fingerprint density at radius 3 is 2.53 bits per heavy atom. The highest BCUT2D eigenvalue weighted by Gasteiger charge is 2.33. The highest BCUT2D eigenvalue weighted by Crippen LogP contribution is 2.36. The lowest BCUT2D eigenvalue weighted by atomic mass is 10.2. The SMILES string of the molecule is Cl.NCCCC(=O)Nc1ccc(Cl)c(C(F)(F)F)c1. The highest BCUT2D eigenvalue weighted by atomic mass is 35.5. The van der Waals surface area contributed by atoms with Crippen LogP contribution in [0.25, 0.3) is 0 Å². The maximum Gasteiger partial charge on any atom is 0.417 e. The molecule has 1 aromatic rings. The van der Waals surface area contributed by atoms with Gasteiger partial charge >= 0.3 is 6.18 Å². The van der Waals surface area contributed by atoms with Crippen molar-refractivity contribution in [3.05, 3.63) is 28.8 Å². The normalized spacial score (nSPS) is 10.8. The Balaban J connectivity index is 0.00000324. The van der Waals surface area contributed by atoms with Crippen molar-refractivity contribution in [2.75, 3.05) is 11.9 Å². The van der Waals surface area contributed by atoms with Crippen LogP contribution in [-0.2, 0) is 11.0 Å². The predicted octanol–water partition coefficient (Wildman–Crippen LogP) is 3.46. The summed E-state index contributed by atoms with van der Waals surface area (Å²) < 4.78 is 37.7. The fraction of sp³-hybridized carbons (Fsp3) is 0.364. The molecule has 0 fully saturated rings. The van der Waals surface area contributed by atoms with Gasteiger partial charge in [-0.15, -0.1) is 12.4 Å². The zero-order chi connectivity index (χ0) is 13.8. The lowest BCUT2D eigenvalue weighted by Gasteiger charge is -2.11. The zero-order valence-electron chi connectivity index (χ0n) is 9.76. The first-order valence-corrected chi connectivity index (χ1v) is 5.59. The number of rotatable bonds is 4. The number of anilines is 1. The van der Waals surface area contributed by atoms with Crippen molar-refractivity contribution in [2.45, 2.75) is 19.0 Å². The molecule has 3 nitrogen and oxygen atoms in total. The molecule has 1 rings (SSSR count). The van der Waals surface area contributed by atoms with Crippen molar-refractivity contribution in [1.82, 2.24) is 0 Å². The molecule has 0 aliphatic rings. The third-order valence-electron chi connectivity index (χ3n) is 2.16. The number of carbonyl (C=O) groups excluding carboxylic acids is 1. The Hall–Kier alpha value is -0.980. The number of alkyl halides is 3. The van der Waals surface area contributed by atoms with E-state index in [0.29, 0.717) is 13.0 Å². The molecular formula is C11H13Cl2F3N2O. The van der Waals surface area contributed by atoms with Crippen molar-refractivity contribution >= 4 is 35.6 Å². The quantitative estimate of drug-likeness (QED) is 0.893. The molecule has 1 aromatic carbocycles. The monoisotopic (exact) mass is 316 g/mol. The molecule has 0 atom stereocenters. The second-order valence-electron chi connectivity index (χ2n) is 3.63. The number of hydrogen-bond acceptors (Lipinski definition) is 2. The zero-order valence-corrected chi connectivity index (χ0v) is 11.3. The van der Waals surface area contributed by atoms with Crippen molar-refractivity contribution in [1.29, 1.82) is 0 Å². The third kappa shape index (κ3) is 5.67. The van der Waals surface area contributed by atoms with E-state index in [1.165, 1.54) is 6.07 Å². The molecule has 0 saturated carbocycles. The minimum Gasteiger partial charge on any atom is -0.330 e. The summed E-state index contributed by atoms with van der Waals surface area (Å²) in [5.41, 5.74) is 4.32. The van der Waals surface area contributed by atoms with Crippen molar-refractivity contribution in [3.8, 4) is 0 Å². The van der Waals surface area contributed by atoms with Crippen molar-refractivity contribution < 1.29 is 18.0 Å². The van der Waals surface area contributed by atoms with Gasteiger partial charge < -0.3 is 11.1 Å². The Morgan fingerprint density at radius 2 is 2.00 bits per heavy atom. The molecular weight excluding hydrogens is 304 g/mol. The van der Waals surface area contributed by atoms with Gasteiger partial charge in [0.25, 0.3) is 0 Å². The summed E-state index contributed by atoms with van der Waals surface area (Å²) in [5, 5.41) is 1.96. The molecule has 0 aromatic heterocycles. The molecule has 0 saturated heterocycles. The van der Waals surface area contributed by atoms with Crippen LogP contribution in [0.15, 0.2) is 18.2 Å². The molecule has 0 unspecified atom stereocenters. The van der Waals surface area contributed by atoms with Crippen LogP contribution in [0.5, 0.6) is 0 Å². The van der Waals surface area contributed by atoms with E-state index in [2.05, 4.69) is 5.32 Å². The fourth-order valence-corrected chi connectivity index (χ4v) is 1.53. The van der Waals surface area contributed by atoms with Gasteiger partial charge in [0, 0.05) is 12.1 Å².